The van der Waals surface area contributed by atoms with Crippen LogP contribution in [0.5, 0.6) is 0 Å². The minimum atomic E-state index is -0.825. The van der Waals surface area contributed by atoms with Crippen LogP contribution in [0.1, 0.15) is 6.42 Å². The van der Waals surface area contributed by atoms with E-state index in [4.69, 9.17) is 4.74 Å². The Morgan fingerprint density at radius 3 is 2.72 bits per heavy atom. The van der Waals surface area contributed by atoms with Crippen molar-refractivity contribution in [2.24, 2.45) is 5.92 Å². The first kappa shape index (κ1) is 17.8. The normalized spacial score (nSPS) is 21.6. The minimum Gasteiger partial charge on any atom is -0.379 e. The third kappa shape index (κ3) is 4.13. The molecule has 6 nitrogen and oxygen atoms in total. The van der Waals surface area contributed by atoms with Crippen molar-refractivity contribution in [3.8, 4) is 0 Å². The van der Waals surface area contributed by atoms with Crippen LogP contribution < -0.4 is 10.2 Å². The standard InChI is InChI=1S/C17H21F2N3O3/c18-12-1-2-15(14(19)11-12)22-5-3-13(17(22)24)16(23)20-4-6-21-7-9-25-10-8-21/h1-2,11,13H,3-10H2,(H,20,23). The van der Waals surface area contributed by atoms with Gasteiger partial charge in [0.25, 0.3) is 0 Å². The van der Waals surface area contributed by atoms with E-state index >= 15 is 0 Å². The van der Waals surface area contributed by atoms with Crippen LogP contribution in [0, 0.1) is 17.6 Å². The highest BCUT2D eigenvalue weighted by Gasteiger charge is 2.38. The van der Waals surface area contributed by atoms with E-state index in [9.17, 15) is 18.4 Å². The van der Waals surface area contributed by atoms with Crippen LogP contribution >= 0.6 is 0 Å². The number of morpholine rings is 1. The topological polar surface area (TPSA) is 61.9 Å². The van der Waals surface area contributed by atoms with E-state index in [-0.39, 0.29) is 18.1 Å². The van der Waals surface area contributed by atoms with Gasteiger partial charge in [0, 0.05) is 38.8 Å². The van der Waals surface area contributed by atoms with Crippen molar-refractivity contribution >= 4 is 17.5 Å². The maximum Gasteiger partial charge on any atom is 0.239 e. The molecule has 2 heterocycles. The lowest BCUT2D eigenvalue weighted by molar-refractivity contribution is -0.132. The van der Waals surface area contributed by atoms with Gasteiger partial charge in [0.05, 0.1) is 18.9 Å². The Bertz CT molecular complexity index is 650. The van der Waals surface area contributed by atoms with Gasteiger partial charge in [-0.05, 0) is 18.6 Å². The smallest absolute Gasteiger partial charge is 0.239 e. The number of carbonyl (C=O) groups excluding carboxylic acids is 2. The Hall–Kier alpha value is -2.06. The van der Waals surface area contributed by atoms with Crippen molar-refractivity contribution in [2.45, 2.75) is 6.42 Å². The summed E-state index contributed by atoms with van der Waals surface area (Å²) < 4.78 is 32.1. The van der Waals surface area contributed by atoms with E-state index in [2.05, 4.69) is 10.2 Å². The maximum atomic E-state index is 13.9. The lowest BCUT2D eigenvalue weighted by atomic mass is 10.1. The number of ether oxygens (including phenoxy) is 1. The van der Waals surface area contributed by atoms with E-state index < -0.39 is 23.5 Å². The molecule has 2 fully saturated rings. The van der Waals surface area contributed by atoms with E-state index in [1.54, 1.807) is 0 Å². The van der Waals surface area contributed by atoms with Gasteiger partial charge in [-0.3, -0.25) is 14.5 Å². The number of rotatable bonds is 5. The monoisotopic (exact) mass is 353 g/mol. The lowest BCUT2D eigenvalue weighted by Crippen LogP contribution is -2.43. The SMILES string of the molecule is O=C(NCCN1CCOCC1)C1CCN(c2ccc(F)cc2F)C1=O. The summed E-state index contributed by atoms with van der Waals surface area (Å²) in [5.74, 6) is -3.13. The summed E-state index contributed by atoms with van der Waals surface area (Å²) >= 11 is 0. The number of hydrogen-bond acceptors (Lipinski definition) is 4. The highest BCUT2D eigenvalue weighted by atomic mass is 19.1. The average molecular weight is 353 g/mol. The van der Waals surface area contributed by atoms with E-state index in [0.717, 1.165) is 25.2 Å². The molecule has 0 aliphatic carbocycles. The number of hydrogen-bond donors (Lipinski definition) is 1. The lowest BCUT2D eigenvalue weighted by Gasteiger charge is -2.26. The van der Waals surface area contributed by atoms with Crippen molar-refractivity contribution < 1.29 is 23.1 Å². The molecular formula is C17H21F2N3O3. The number of anilines is 1. The highest BCUT2D eigenvalue weighted by molar-refractivity contribution is 6.09. The van der Waals surface area contributed by atoms with Gasteiger partial charge in [0.1, 0.15) is 17.6 Å². The number of carbonyl (C=O) groups is 2. The predicted octanol–water partition coefficient (Wildman–Crippen LogP) is 0.766. The molecule has 8 heteroatoms. The molecule has 2 amide bonds. The fourth-order valence-electron chi connectivity index (χ4n) is 3.15. The molecule has 1 atom stereocenters. The van der Waals surface area contributed by atoms with Gasteiger partial charge in [-0.15, -0.1) is 0 Å². The number of benzene rings is 1. The highest BCUT2D eigenvalue weighted by Crippen LogP contribution is 2.28. The molecule has 2 saturated heterocycles. The zero-order valence-electron chi connectivity index (χ0n) is 13.8. The minimum absolute atomic E-state index is 0.00927. The number of nitrogens with one attached hydrogen (secondary N) is 1. The largest absolute Gasteiger partial charge is 0.379 e. The predicted molar refractivity (Wildman–Crippen MR) is 87.1 cm³/mol. The molecule has 0 spiro atoms. The molecule has 1 aromatic carbocycles. The molecule has 136 valence electrons. The van der Waals surface area contributed by atoms with Crippen LogP contribution in [0.2, 0.25) is 0 Å². The first-order chi connectivity index (χ1) is 12.1. The van der Waals surface area contributed by atoms with Crippen molar-refractivity contribution in [3.63, 3.8) is 0 Å². The fourth-order valence-corrected chi connectivity index (χ4v) is 3.15. The molecule has 0 bridgehead atoms. The van der Waals surface area contributed by atoms with Gasteiger partial charge in [0.15, 0.2) is 0 Å². The molecule has 25 heavy (non-hydrogen) atoms. The van der Waals surface area contributed by atoms with Crippen molar-refractivity contribution in [1.82, 2.24) is 10.2 Å². The zero-order valence-corrected chi connectivity index (χ0v) is 13.8. The summed E-state index contributed by atoms with van der Waals surface area (Å²) in [7, 11) is 0. The molecule has 0 saturated carbocycles. The second kappa shape index (κ2) is 7.88. The van der Waals surface area contributed by atoms with Gasteiger partial charge in [-0.2, -0.15) is 0 Å². The fraction of sp³-hybridized carbons (Fsp3) is 0.529. The van der Waals surface area contributed by atoms with Crippen LogP contribution in [0.15, 0.2) is 18.2 Å². The average Bonchev–Trinajstić information content (AvgIpc) is 2.97. The number of halogens is 2. The van der Waals surface area contributed by atoms with Crippen LogP contribution in [0.25, 0.3) is 0 Å². The van der Waals surface area contributed by atoms with Gasteiger partial charge >= 0.3 is 0 Å². The Kier molecular flexibility index (Phi) is 5.60. The van der Waals surface area contributed by atoms with Crippen molar-refractivity contribution in [3.05, 3.63) is 29.8 Å². The Labute approximate surface area is 144 Å². The zero-order chi connectivity index (χ0) is 17.8. The molecule has 2 aliphatic heterocycles. The third-order valence-electron chi connectivity index (χ3n) is 4.55. The van der Waals surface area contributed by atoms with E-state index in [1.807, 2.05) is 0 Å². The summed E-state index contributed by atoms with van der Waals surface area (Å²) in [6, 6.07) is 3.06. The van der Waals surface area contributed by atoms with Gasteiger partial charge < -0.3 is 15.0 Å². The molecule has 2 aliphatic rings. The number of amides is 2. The first-order valence-electron chi connectivity index (χ1n) is 8.40. The van der Waals surface area contributed by atoms with Crippen LogP contribution in [0.3, 0.4) is 0 Å². The molecular weight excluding hydrogens is 332 g/mol. The first-order valence-corrected chi connectivity index (χ1v) is 8.40. The third-order valence-corrected chi connectivity index (χ3v) is 4.55. The molecule has 3 rings (SSSR count). The summed E-state index contributed by atoms with van der Waals surface area (Å²) in [5, 5.41) is 2.78. The maximum absolute atomic E-state index is 13.9. The van der Waals surface area contributed by atoms with Crippen LogP contribution in [-0.4, -0.2) is 62.7 Å². The molecule has 1 aromatic rings. The van der Waals surface area contributed by atoms with E-state index in [1.165, 1.54) is 11.0 Å². The Morgan fingerprint density at radius 1 is 1.24 bits per heavy atom. The summed E-state index contributed by atoms with van der Waals surface area (Å²) in [4.78, 5) is 28.1. The molecule has 0 aromatic heterocycles. The number of nitrogens with zero attached hydrogens (tertiary/aromatic N) is 2. The second-order valence-corrected chi connectivity index (χ2v) is 6.17. The van der Waals surface area contributed by atoms with Crippen molar-refractivity contribution in [1.29, 1.82) is 0 Å². The summed E-state index contributed by atoms with van der Waals surface area (Å²) in [6.45, 7) is 4.43. The second-order valence-electron chi connectivity index (χ2n) is 6.17. The van der Waals surface area contributed by atoms with Crippen LogP contribution in [-0.2, 0) is 14.3 Å². The summed E-state index contributed by atoms with van der Waals surface area (Å²) in [6.07, 6.45) is 0.318. The van der Waals surface area contributed by atoms with Gasteiger partial charge in [-0.25, -0.2) is 8.78 Å². The van der Waals surface area contributed by atoms with E-state index in [0.29, 0.717) is 32.7 Å². The summed E-state index contributed by atoms with van der Waals surface area (Å²) in [5.41, 5.74) is 0.00927. The molecule has 1 unspecified atom stereocenters. The van der Waals surface area contributed by atoms with Crippen molar-refractivity contribution in [2.75, 3.05) is 50.8 Å². The Morgan fingerprint density at radius 2 is 2.00 bits per heavy atom. The van der Waals surface area contributed by atoms with Gasteiger partial charge in [0.2, 0.25) is 11.8 Å². The molecule has 0 radical (unpaired) electrons. The quantitative estimate of drug-likeness (QED) is 0.795. The molecule has 1 N–H and O–H groups in total. The van der Waals surface area contributed by atoms with Gasteiger partial charge in [-0.1, -0.05) is 0 Å². The van der Waals surface area contributed by atoms with Crippen LogP contribution in [0.4, 0.5) is 14.5 Å². The Balaban J connectivity index is 1.53.